The molecule has 1 aliphatic rings. The van der Waals surface area contributed by atoms with E-state index in [-0.39, 0.29) is 12.1 Å². The number of nitrogens with one attached hydrogen (secondary N) is 1. The topological polar surface area (TPSA) is 70.9 Å². The summed E-state index contributed by atoms with van der Waals surface area (Å²) in [5.74, 6) is -0.245. The van der Waals surface area contributed by atoms with Gasteiger partial charge in [-0.15, -0.1) is 5.16 Å². The molecule has 2 aromatic carbocycles. The Morgan fingerprint density at radius 3 is 2.63 bits per heavy atom. The average molecular weight is 399 g/mol. The summed E-state index contributed by atoms with van der Waals surface area (Å²) in [6, 6.07) is 7.66. The molecule has 5 nitrogen and oxygen atoms in total. The van der Waals surface area contributed by atoms with Crippen molar-refractivity contribution >= 4 is 29.4 Å². The van der Waals surface area contributed by atoms with Crippen molar-refractivity contribution in [3.05, 3.63) is 58.1 Å². The van der Waals surface area contributed by atoms with Gasteiger partial charge in [-0.05, 0) is 35.9 Å². The summed E-state index contributed by atoms with van der Waals surface area (Å²) in [5.41, 5.74) is -1.65. The molecule has 2 aromatic rings. The van der Waals surface area contributed by atoms with Crippen molar-refractivity contribution in [3.8, 4) is 5.75 Å². The number of alkyl halides is 3. The van der Waals surface area contributed by atoms with Gasteiger partial charge in [-0.3, -0.25) is 4.79 Å². The van der Waals surface area contributed by atoms with E-state index < -0.39 is 23.1 Å². The van der Waals surface area contributed by atoms with Crippen LogP contribution in [0.5, 0.6) is 5.75 Å². The number of ether oxygens (including phenoxy) is 1. The van der Waals surface area contributed by atoms with Crippen LogP contribution < -0.4 is 10.1 Å². The molecule has 0 radical (unpaired) electrons. The third kappa shape index (κ3) is 3.10. The zero-order valence-corrected chi connectivity index (χ0v) is 14.7. The van der Waals surface area contributed by atoms with Crippen molar-refractivity contribution in [2.45, 2.75) is 18.0 Å². The molecule has 0 saturated carbocycles. The molecule has 1 aliphatic heterocycles. The number of benzene rings is 2. The lowest BCUT2D eigenvalue weighted by molar-refractivity contribution is -0.137. The van der Waals surface area contributed by atoms with Gasteiger partial charge in [0.25, 0.3) is 0 Å². The number of rotatable bonds is 4. The number of carbonyl (C=O) groups excluding carboxylic acids is 1. The van der Waals surface area contributed by atoms with Crippen LogP contribution in [0.25, 0.3) is 0 Å². The summed E-state index contributed by atoms with van der Waals surface area (Å²) < 4.78 is 44.5. The zero-order chi connectivity index (χ0) is 19.8. The number of fused-ring (bicyclic) bond motifs is 1. The molecule has 9 heteroatoms. The summed E-state index contributed by atoms with van der Waals surface area (Å²) in [5, 5.41) is 14.7. The molecule has 0 bridgehead atoms. The Hall–Kier alpha value is -2.74. The van der Waals surface area contributed by atoms with E-state index in [4.69, 9.17) is 21.5 Å². The quantitative estimate of drug-likeness (QED) is 0.454. The number of methoxy groups -OCH3 is 1. The second-order valence-corrected chi connectivity index (χ2v) is 6.40. The molecular formula is C18H14ClF3N2O3. The number of carbonyl (C=O) groups is 1. The van der Waals surface area contributed by atoms with Gasteiger partial charge in [-0.1, -0.05) is 17.7 Å². The number of oxime groups is 1. The normalized spacial score (nSPS) is 19.2. The Labute approximate surface area is 157 Å². The highest BCUT2D eigenvalue weighted by molar-refractivity contribution is 6.30. The largest absolute Gasteiger partial charge is 0.496 e. The van der Waals surface area contributed by atoms with E-state index in [1.165, 1.54) is 19.2 Å². The first-order chi connectivity index (χ1) is 12.7. The van der Waals surface area contributed by atoms with Crippen molar-refractivity contribution in [2.75, 3.05) is 12.4 Å². The minimum Gasteiger partial charge on any atom is -0.496 e. The smallest absolute Gasteiger partial charge is 0.416 e. The highest BCUT2D eigenvalue weighted by Gasteiger charge is 2.50. The summed E-state index contributed by atoms with van der Waals surface area (Å²) >= 11 is 6.09. The highest BCUT2D eigenvalue weighted by atomic mass is 35.5. The Morgan fingerprint density at radius 1 is 1.26 bits per heavy atom. The van der Waals surface area contributed by atoms with Crippen LogP contribution in [0.3, 0.4) is 0 Å². The average Bonchev–Trinajstić information content (AvgIpc) is 2.90. The van der Waals surface area contributed by atoms with Gasteiger partial charge in [0.1, 0.15) is 11.2 Å². The van der Waals surface area contributed by atoms with E-state index >= 15 is 0 Å². The molecule has 1 atom stereocenters. The predicted molar refractivity (Wildman–Crippen MR) is 93.8 cm³/mol. The Morgan fingerprint density at radius 2 is 2.00 bits per heavy atom. The molecule has 1 amide bonds. The lowest BCUT2D eigenvalue weighted by atomic mass is 9.72. The van der Waals surface area contributed by atoms with Crippen molar-refractivity contribution in [3.63, 3.8) is 0 Å². The van der Waals surface area contributed by atoms with Crippen molar-refractivity contribution < 1.29 is 27.9 Å². The SMILES string of the molecule is COc1ccc(Cl)cc1C1(C/C=N/O)C(=O)Nc2cc(C(F)(F)F)ccc21. The molecule has 1 heterocycles. The van der Waals surface area contributed by atoms with E-state index in [2.05, 4.69) is 10.5 Å². The van der Waals surface area contributed by atoms with Crippen molar-refractivity contribution in [2.24, 2.45) is 5.16 Å². The fourth-order valence-corrected chi connectivity index (χ4v) is 3.49. The van der Waals surface area contributed by atoms with E-state index in [0.29, 0.717) is 21.9 Å². The van der Waals surface area contributed by atoms with Crippen LogP contribution in [0.15, 0.2) is 41.6 Å². The predicted octanol–water partition coefficient (Wildman–Crippen LogP) is 4.46. The van der Waals surface area contributed by atoms with E-state index in [9.17, 15) is 18.0 Å². The van der Waals surface area contributed by atoms with E-state index in [1.807, 2.05) is 0 Å². The number of anilines is 1. The fraction of sp³-hybridized carbons (Fsp3) is 0.222. The van der Waals surface area contributed by atoms with Crippen LogP contribution >= 0.6 is 11.6 Å². The second kappa shape index (κ2) is 6.77. The standard InChI is InChI=1S/C18H14ClF3N2O3/c1-27-15-5-3-11(19)9-13(15)17(6-7-23-26)12-4-2-10(18(20,21)22)8-14(12)24-16(17)25/h2-5,7-9,26H,6H2,1H3,(H,24,25)/b23-7+. The third-order valence-electron chi connectivity index (χ3n) is 4.54. The molecule has 27 heavy (non-hydrogen) atoms. The van der Waals surface area contributed by atoms with Crippen LogP contribution in [0.2, 0.25) is 5.02 Å². The van der Waals surface area contributed by atoms with Crippen molar-refractivity contribution in [1.82, 2.24) is 0 Å². The minimum absolute atomic E-state index is 0.0307. The van der Waals surface area contributed by atoms with E-state index in [1.54, 1.807) is 12.1 Å². The van der Waals surface area contributed by atoms with Gasteiger partial charge in [-0.2, -0.15) is 13.2 Å². The summed E-state index contributed by atoms with van der Waals surface area (Å²) in [6.45, 7) is 0. The highest BCUT2D eigenvalue weighted by Crippen LogP contribution is 2.49. The molecule has 0 aliphatic carbocycles. The maximum absolute atomic E-state index is 13.0. The van der Waals surface area contributed by atoms with Crippen LogP contribution in [0.1, 0.15) is 23.1 Å². The summed E-state index contributed by atoms with van der Waals surface area (Å²) in [6.07, 6.45) is -3.55. The van der Waals surface area contributed by atoms with Crippen LogP contribution in [0.4, 0.5) is 18.9 Å². The summed E-state index contributed by atoms with van der Waals surface area (Å²) in [4.78, 5) is 13.0. The first kappa shape index (κ1) is 19.0. The number of halogens is 4. The number of hydrogen-bond acceptors (Lipinski definition) is 4. The van der Waals surface area contributed by atoms with E-state index in [0.717, 1.165) is 18.3 Å². The molecule has 0 aromatic heterocycles. The van der Waals surface area contributed by atoms with Crippen LogP contribution in [-0.4, -0.2) is 24.4 Å². The maximum Gasteiger partial charge on any atom is 0.416 e. The monoisotopic (exact) mass is 398 g/mol. The number of hydrogen-bond donors (Lipinski definition) is 2. The molecule has 2 N–H and O–H groups in total. The molecule has 0 spiro atoms. The Kier molecular flexibility index (Phi) is 4.77. The molecule has 142 valence electrons. The molecule has 0 fully saturated rings. The minimum atomic E-state index is -4.55. The van der Waals surface area contributed by atoms with Gasteiger partial charge >= 0.3 is 6.18 Å². The number of amides is 1. The van der Waals surface area contributed by atoms with Crippen molar-refractivity contribution in [1.29, 1.82) is 0 Å². The Bertz CT molecular complexity index is 931. The summed E-state index contributed by atoms with van der Waals surface area (Å²) in [7, 11) is 1.40. The van der Waals surface area contributed by atoms with Crippen LogP contribution in [-0.2, 0) is 16.4 Å². The molecule has 0 saturated heterocycles. The van der Waals surface area contributed by atoms with Gasteiger partial charge in [0.05, 0.1) is 12.7 Å². The maximum atomic E-state index is 13.0. The van der Waals surface area contributed by atoms with Crippen LogP contribution in [0, 0.1) is 0 Å². The fourth-order valence-electron chi connectivity index (χ4n) is 3.32. The number of nitrogens with zero attached hydrogens (tertiary/aromatic N) is 1. The zero-order valence-electron chi connectivity index (χ0n) is 14.0. The first-order valence-electron chi connectivity index (χ1n) is 7.77. The molecule has 1 unspecified atom stereocenters. The van der Waals surface area contributed by atoms with Gasteiger partial charge in [-0.25, -0.2) is 0 Å². The van der Waals surface area contributed by atoms with Gasteiger partial charge < -0.3 is 15.3 Å². The third-order valence-corrected chi connectivity index (χ3v) is 4.78. The lowest BCUT2D eigenvalue weighted by Gasteiger charge is -2.28. The molecular weight excluding hydrogens is 385 g/mol. The second-order valence-electron chi connectivity index (χ2n) is 5.96. The first-order valence-corrected chi connectivity index (χ1v) is 8.15. The van der Waals surface area contributed by atoms with Gasteiger partial charge in [0.2, 0.25) is 5.91 Å². The Balaban J connectivity index is 2.29. The van der Waals surface area contributed by atoms with Gasteiger partial charge in [0.15, 0.2) is 0 Å². The molecule has 3 rings (SSSR count). The lowest BCUT2D eigenvalue weighted by Crippen LogP contribution is -2.36. The van der Waals surface area contributed by atoms with Gasteiger partial charge in [0, 0.05) is 28.9 Å².